The molecule has 2 aliphatic heterocycles. The van der Waals surface area contributed by atoms with Crippen molar-refractivity contribution in [3.05, 3.63) is 92.7 Å². The molecular formula is C46H58Cl4N10O8Sn. The Bertz CT molecular complexity index is 2650. The predicted molar refractivity (Wildman–Crippen MR) is 266 cm³/mol. The van der Waals surface area contributed by atoms with E-state index in [1.807, 2.05) is 56.3 Å². The molecule has 5 N–H and O–H groups in total. The molecule has 0 bridgehead atoms. The Morgan fingerprint density at radius 1 is 0.739 bits per heavy atom. The van der Waals surface area contributed by atoms with Crippen LogP contribution < -0.4 is 10.6 Å². The van der Waals surface area contributed by atoms with Gasteiger partial charge >= 0.3 is 77.2 Å². The smallest absolute Gasteiger partial charge is 0.303 e. The van der Waals surface area contributed by atoms with Crippen LogP contribution in [0.25, 0.3) is 22.1 Å². The van der Waals surface area contributed by atoms with E-state index in [0.717, 1.165) is 26.4 Å². The summed E-state index contributed by atoms with van der Waals surface area (Å²) in [7, 11) is 0. The van der Waals surface area contributed by atoms with Crippen LogP contribution >= 0.6 is 46.4 Å². The fourth-order valence-electron chi connectivity index (χ4n) is 7.91. The van der Waals surface area contributed by atoms with E-state index < -0.39 is 63.2 Å². The predicted octanol–water partition coefficient (Wildman–Crippen LogP) is 8.99. The van der Waals surface area contributed by atoms with Gasteiger partial charge in [-0.15, -0.1) is 0 Å². The average molecular weight is 1140 g/mol. The van der Waals surface area contributed by atoms with Gasteiger partial charge in [-0.25, -0.2) is 9.36 Å². The third-order valence-corrected chi connectivity index (χ3v) is 18.0. The Morgan fingerprint density at radius 2 is 1.22 bits per heavy atom. The second-order valence-electron chi connectivity index (χ2n) is 16.6. The summed E-state index contributed by atoms with van der Waals surface area (Å²) in [6.07, 6.45) is 3.12. The molecule has 69 heavy (non-hydrogen) atoms. The molecule has 0 unspecified atom stereocenters. The number of esters is 1. The number of anilines is 2. The van der Waals surface area contributed by atoms with Crippen LogP contribution in [-0.4, -0.2) is 118 Å². The van der Waals surface area contributed by atoms with Crippen LogP contribution in [0.4, 0.5) is 11.6 Å². The fraction of sp³-hybridized carbons (Fsp3) is 0.500. The van der Waals surface area contributed by atoms with Gasteiger partial charge in [0.2, 0.25) is 10.6 Å². The quantitative estimate of drug-likeness (QED) is 0.0326. The van der Waals surface area contributed by atoms with Crippen molar-refractivity contribution >= 4 is 106 Å². The monoisotopic (exact) mass is 1140 g/mol. The SMILES string of the molecule is CCC[CH2][Sn](=[O])[CH2]CCC.CC[C@H]1O[C@@H](n2ncc3c(NCc4ccccc4Cl)nc(Cl)nc32)[C@H](OC(C)=O)[C@@H]1C.OC[C@H]1O[C@@H](n2ncc3c(NCc4ccccc4Cl)nc(Cl)nc32)[C@H](O)[C@@H]1O. The molecule has 2 aromatic carbocycles. The molecule has 372 valence electrons. The Kier molecular flexibility index (Phi) is 20.6. The van der Waals surface area contributed by atoms with Gasteiger partial charge in [0.1, 0.15) is 29.9 Å². The minimum absolute atomic E-state index is 0.00766. The molecule has 0 amide bonds. The van der Waals surface area contributed by atoms with Gasteiger partial charge in [0.05, 0.1) is 35.9 Å². The van der Waals surface area contributed by atoms with E-state index >= 15 is 0 Å². The van der Waals surface area contributed by atoms with Crippen molar-refractivity contribution in [3.63, 3.8) is 0 Å². The molecule has 8 rings (SSSR count). The van der Waals surface area contributed by atoms with E-state index in [1.165, 1.54) is 43.5 Å². The first kappa shape index (κ1) is 54.5. The van der Waals surface area contributed by atoms with Crippen molar-refractivity contribution in [2.24, 2.45) is 5.92 Å². The number of carbonyl (C=O) groups excluding carboxylic acids is 1. The van der Waals surface area contributed by atoms with Crippen molar-refractivity contribution in [2.45, 2.75) is 132 Å². The maximum Gasteiger partial charge on any atom is 0.303 e. The van der Waals surface area contributed by atoms with E-state index in [9.17, 15) is 23.2 Å². The van der Waals surface area contributed by atoms with Crippen molar-refractivity contribution < 1.29 is 37.4 Å². The Balaban J connectivity index is 0.000000191. The molecule has 2 fully saturated rings. The van der Waals surface area contributed by atoms with Crippen molar-refractivity contribution in [2.75, 3.05) is 17.2 Å². The average Bonchev–Trinajstić information content (AvgIpc) is 4.10. The molecule has 0 radical (unpaired) electrons. The number of ether oxygens (including phenoxy) is 3. The van der Waals surface area contributed by atoms with Crippen LogP contribution in [-0.2, 0) is 35.2 Å². The zero-order valence-corrected chi connectivity index (χ0v) is 44.8. The van der Waals surface area contributed by atoms with Crippen LogP contribution in [0.15, 0.2) is 60.9 Å². The van der Waals surface area contributed by atoms with Gasteiger partial charge in [0.25, 0.3) is 0 Å². The van der Waals surface area contributed by atoms with E-state index in [1.54, 1.807) is 16.9 Å². The van der Waals surface area contributed by atoms with Gasteiger partial charge in [0.15, 0.2) is 29.9 Å². The summed E-state index contributed by atoms with van der Waals surface area (Å²) in [4.78, 5) is 28.8. The first-order chi connectivity index (χ1) is 33.2. The number of aromatic nitrogens is 8. The number of aliphatic hydroxyl groups is 3. The van der Waals surface area contributed by atoms with Gasteiger partial charge in [0, 0.05) is 36.0 Å². The number of benzene rings is 2. The Hall–Kier alpha value is -3.83. The minimum atomic E-state index is -1.99. The zero-order valence-electron chi connectivity index (χ0n) is 38.9. The fourth-order valence-corrected chi connectivity index (χ4v) is 13.6. The van der Waals surface area contributed by atoms with Gasteiger partial charge in [-0.2, -0.15) is 30.1 Å². The van der Waals surface area contributed by atoms with Crippen LogP contribution in [0.5, 0.6) is 0 Å². The third-order valence-electron chi connectivity index (χ3n) is 11.7. The summed E-state index contributed by atoms with van der Waals surface area (Å²) in [6, 6.07) is 15.0. The summed E-state index contributed by atoms with van der Waals surface area (Å²) in [5, 5.41) is 47.2. The number of nitrogens with zero attached hydrogens (tertiary/aromatic N) is 8. The van der Waals surface area contributed by atoms with Crippen LogP contribution in [0.2, 0.25) is 29.5 Å². The topological polar surface area (TPSA) is 234 Å². The maximum atomic E-state index is 11.7. The molecular weight excluding hydrogens is 1080 g/mol. The normalized spacial score (nSPS) is 21.9. The third kappa shape index (κ3) is 13.8. The second-order valence-corrected chi connectivity index (χ2v) is 24.0. The van der Waals surface area contributed by atoms with Crippen LogP contribution in [0.3, 0.4) is 0 Å². The molecule has 4 aromatic heterocycles. The summed E-state index contributed by atoms with van der Waals surface area (Å²) < 4.78 is 33.6. The van der Waals surface area contributed by atoms with Crippen molar-refractivity contribution in [1.29, 1.82) is 0 Å². The van der Waals surface area contributed by atoms with E-state index in [-0.39, 0.29) is 28.6 Å². The molecule has 18 nitrogen and oxygen atoms in total. The van der Waals surface area contributed by atoms with Crippen LogP contribution in [0, 0.1) is 5.92 Å². The van der Waals surface area contributed by atoms with Crippen molar-refractivity contribution in [1.82, 2.24) is 39.5 Å². The largest absolute Gasteiger partial charge is 0.457 e. The summed E-state index contributed by atoms with van der Waals surface area (Å²) in [5.74, 6) is 0.609. The number of hydrogen-bond donors (Lipinski definition) is 5. The number of unbranched alkanes of at least 4 members (excludes halogenated alkanes) is 2. The zero-order chi connectivity index (χ0) is 49.8. The standard InChI is InChI=1S/C21H23Cl2N5O3.C17H17Cl2N5O4.2C4H9.O.Sn/c1-4-16-11(2)17(30-12(3)29)20(31-16)28-19-14(10-25-28)18(26-21(23)27-19)24-9-13-7-5-6-8-15(13)22;18-10-4-2-1-3-8(10)5-20-14-9-6-21-24(15(9)23-17(19)22-14)16-13(27)12(26)11(7-25)28-16;2*1-3-4-2;;/h5-8,10-11,16-17,20H,4,9H2,1-3H3,(H,24,26,27);1-4,6,11-13,16,25-27H,5,7H2,(H,20,22,23);2*1,3-4H2,2H3;;/t11-,16-,17-,20-;11-,12-,13-,16-;;;;/m11..../s1. The van der Waals surface area contributed by atoms with E-state index in [0.29, 0.717) is 56.8 Å². The summed E-state index contributed by atoms with van der Waals surface area (Å²) >= 11 is 22.7. The van der Waals surface area contributed by atoms with E-state index in [4.69, 9.17) is 60.6 Å². The number of rotatable bonds is 17. The molecule has 23 heteroatoms. The second kappa shape index (κ2) is 26.0. The molecule has 0 saturated carbocycles. The Labute approximate surface area is 427 Å². The van der Waals surface area contributed by atoms with Gasteiger partial charge in [-0.3, -0.25) is 4.79 Å². The van der Waals surface area contributed by atoms with Crippen molar-refractivity contribution in [3.8, 4) is 0 Å². The summed E-state index contributed by atoms with van der Waals surface area (Å²) in [5.41, 5.74) is 2.61. The maximum absolute atomic E-state index is 11.7. The molecule has 2 saturated heterocycles. The van der Waals surface area contributed by atoms with E-state index in [2.05, 4.69) is 54.6 Å². The number of hydrogen-bond acceptors (Lipinski definition) is 16. The number of nitrogens with one attached hydrogen (secondary N) is 2. The first-order valence-electron chi connectivity index (χ1n) is 22.9. The van der Waals surface area contributed by atoms with Crippen LogP contribution in [0.1, 0.15) is 90.3 Å². The molecule has 6 aromatic rings. The van der Waals surface area contributed by atoms with Gasteiger partial charge in [-0.1, -0.05) is 73.4 Å². The number of fused-ring (bicyclic) bond motifs is 2. The molecule has 0 aliphatic carbocycles. The molecule has 6 heterocycles. The number of aliphatic hydroxyl groups excluding tert-OH is 3. The molecule has 8 atom stereocenters. The van der Waals surface area contributed by atoms with Gasteiger partial charge < -0.3 is 40.2 Å². The number of halogens is 4. The molecule has 0 spiro atoms. The van der Waals surface area contributed by atoms with Gasteiger partial charge in [-0.05, 0) is 52.9 Å². The Morgan fingerprint density at radius 3 is 1.65 bits per heavy atom. The minimum Gasteiger partial charge on any atom is -0.457 e. The number of carbonyl (C=O) groups is 1. The first-order valence-corrected chi connectivity index (χ1v) is 29.6. The summed E-state index contributed by atoms with van der Waals surface area (Å²) in [6.45, 7) is 10.2. The molecule has 2 aliphatic rings.